The third kappa shape index (κ3) is 2.70. The molecule has 0 radical (unpaired) electrons. The second kappa shape index (κ2) is 4.55. The molecule has 1 aromatic heterocycles. The van der Waals surface area contributed by atoms with Crippen molar-refractivity contribution in [3.05, 3.63) is 41.0 Å². The van der Waals surface area contributed by atoms with Crippen LogP contribution in [0.4, 0.5) is 8.78 Å². The number of benzene rings is 1. The second-order valence-corrected chi connectivity index (χ2v) is 4.23. The molecule has 0 aliphatic heterocycles. The first-order valence-corrected chi connectivity index (χ1v) is 5.52. The first kappa shape index (κ1) is 12.2. The van der Waals surface area contributed by atoms with Gasteiger partial charge in [0.15, 0.2) is 0 Å². The summed E-state index contributed by atoms with van der Waals surface area (Å²) >= 11 is 5.88. The van der Waals surface area contributed by atoms with Crippen LogP contribution in [0, 0.1) is 0 Å². The molecule has 5 heteroatoms. The predicted molar refractivity (Wildman–Crippen MR) is 64.5 cm³/mol. The summed E-state index contributed by atoms with van der Waals surface area (Å²) in [4.78, 5) is 4.09. The van der Waals surface area contributed by atoms with E-state index in [9.17, 15) is 8.78 Å². The van der Waals surface area contributed by atoms with E-state index in [0.29, 0.717) is 11.1 Å². The summed E-state index contributed by atoms with van der Waals surface area (Å²) in [6.45, 7) is -0.698. The zero-order chi connectivity index (χ0) is 12.5. The lowest BCUT2D eigenvalue weighted by atomic mass is 10.1. The standard InChI is InChI=1S/C12H11ClF2N2/c13-11-9(6-12(14,15)7-16)5-8-3-1-2-4-10(8)17-11/h1-5H,6-7,16H2. The van der Waals surface area contributed by atoms with Gasteiger partial charge in [0.05, 0.1) is 12.1 Å². The molecule has 0 unspecified atom stereocenters. The van der Waals surface area contributed by atoms with Gasteiger partial charge in [0.1, 0.15) is 5.15 Å². The number of rotatable bonds is 3. The molecule has 0 spiro atoms. The number of para-hydroxylation sites is 1. The first-order valence-electron chi connectivity index (χ1n) is 5.14. The molecule has 0 aliphatic rings. The van der Waals surface area contributed by atoms with E-state index in [0.717, 1.165) is 5.39 Å². The largest absolute Gasteiger partial charge is 0.325 e. The lowest BCUT2D eigenvalue weighted by molar-refractivity contribution is 0.0115. The van der Waals surface area contributed by atoms with E-state index in [1.165, 1.54) is 0 Å². The van der Waals surface area contributed by atoms with Gasteiger partial charge < -0.3 is 5.73 Å². The summed E-state index contributed by atoms with van der Waals surface area (Å²) in [6.07, 6.45) is -0.486. The van der Waals surface area contributed by atoms with Gasteiger partial charge in [-0.05, 0) is 17.7 Å². The number of hydrogen-bond donors (Lipinski definition) is 1. The lowest BCUT2D eigenvalue weighted by Gasteiger charge is -2.14. The third-order valence-corrected chi connectivity index (χ3v) is 2.83. The van der Waals surface area contributed by atoms with Crippen molar-refractivity contribution in [1.82, 2.24) is 4.98 Å². The average molecular weight is 257 g/mol. The molecule has 0 aliphatic carbocycles. The fourth-order valence-corrected chi connectivity index (χ4v) is 1.82. The van der Waals surface area contributed by atoms with Crippen molar-refractivity contribution >= 4 is 22.5 Å². The Balaban J connectivity index is 2.44. The molecule has 1 aromatic carbocycles. The minimum atomic E-state index is -2.95. The van der Waals surface area contributed by atoms with Crippen LogP contribution in [0.1, 0.15) is 5.56 Å². The highest BCUT2D eigenvalue weighted by molar-refractivity contribution is 6.30. The lowest BCUT2D eigenvalue weighted by Crippen LogP contribution is -2.30. The van der Waals surface area contributed by atoms with E-state index in [2.05, 4.69) is 4.98 Å². The number of halogens is 3. The average Bonchev–Trinajstić information content (AvgIpc) is 2.30. The zero-order valence-corrected chi connectivity index (χ0v) is 9.72. The summed E-state index contributed by atoms with van der Waals surface area (Å²) < 4.78 is 26.4. The molecule has 0 amide bonds. The maximum absolute atomic E-state index is 13.2. The molecule has 1 heterocycles. The molecular weight excluding hydrogens is 246 g/mol. The van der Waals surface area contributed by atoms with Gasteiger partial charge in [0.2, 0.25) is 0 Å². The van der Waals surface area contributed by atoms with Gasteiger partial charge in [-0.3, -0.25) is 0 Å². The normalized spacial score (nSPS) is 12.0. The predicted octanol–water partition coefficient (Wildman–Crippen LogP) is 3.02. The Hall–Kier alpha value is -1.26. The summed E-state index contributed by atoms with van der Waals surface area (Å²) in [7, 11) is 0. The number of fused-ring (bicyclic) bond motifs is 1. The van der Waals surface area contributed by atoms with E-state index in [4.69, 9.17) is 17.3 Å². The number of pyridine rings is 1. The summed E-state index contributed by atoms with van der Waals surface area (Å²) in [5.41, 5.74) is 6.02. The summed E-state index contributed by atoms with van der Waals surface area (Å²) in [6, 6.07) is 8.87. The van der Waals surface area contributed by atoms with Gasteiger partial charge in [0, 0.05) is 11.8 Å². The molecule has 0 saturated heterocycles. The van der Waals surface area contributed by atoms with Gasteiger partial charge in [-0.2, -0.15) is 0 Å². The van der Waals surface area contributed by atoms with Crippen molar-refractivity contribution < 1.29 is 8.78 Å². The SMILES string of the molecule is NCC(F)(F)Cc1cc2ccccc2nc1Cl. The van der Waals surface area contributed by atoms with E-state index >= 15 is 0 Å². The molecule has 17 heavy (non-hydrogen) atoms. The minimum absolute atomic E-state index is 0.108. The van der Waals surface area contributed by atoms with Crippen LogP contribution in [0.3, 0.4) is 0 Å². The number of nitrogens with zero attached hydrogens (tertiary/aromatic N) is 1. The highest BCUT2D eigenvalue weighted by atomic mass is 35.5. The van der Waals surface area contributed by atoms with Crippen LogP contribution in [-0.4, -0.2) is 17.5 Å². The molecular formula is C12H11ClF2N2. The Morgan fingerprint density at radius 1 is 1.29 bits per heavy atom. The van der Waals surface area contributed by atoms with Gasteiger partial charge >= 0.3 is 0 Å². The molecule has 0 fully saturated rings. The fourth-order valence-electron chi connectivity index (χ4n) is 1.61. The molecule has 90 valence electrons. The van der Waals surface area contributed by atoms with E-state index in [1.54, 1.807) is 12.1 Å². The highest BCUT2D eigenvalue weighted by Crippen LogP contribution is 2.26. The van der Waals surface area contributed by atoms with E-state index < -0.39 is 18.9 Å². The van der Waals surface area contributed by atoms with Gasteiger partial charge in [-0.15, -0.1) is 0 Å². The molecule has 0 atom stereocenters. The van der Waals surface area contributed by atoms with Crippen LogP contribution in [-0.2, 0) is 6.42 Å². The Kier molecular flexibility index (Phi) is 3.26. The maximum atomic E-state index is 13.2. The Morgan fingerprint density at radius 3 is 2.71 bits per heavy atom. The Morgan fingerprint density at radius 2 is 2.00 bits per heavy atom. The summed E-state index contributed by atoms with van der Waals surface area (Å²) in [5.74, 6) is -2.95. The van der Waals surface area contributed by atoms with Crippen LogP contribution in [0.25, 0.3) is 10.9 Å². The van der Waals surface area contributed by atoms with E-state index in [-0.39, 0.29) is 5.15 Å². The van der Waals surface area contributed by atoms with Crippen LogP contribution in [0.15, 0.2) is 30.3 Å². The highest BCUT2D eigenvalue weighted by Gasteiger charge is 2.28. The fraction of sp³-hybridized carbons (Fsp3) is 0.250. The Bertz CT molecular complexity index is 543. The number of nitrogens with two attached hydrogens (primary N) is 1. The van der Waals surface area contributed by atoms with Crippen molar-refractivity contribution in [1.29, 1.82) is 0 Å². The van der Waals surface area contributed by atoms with E-state index in [1.807, 2.05) is 18.2 Å². The van der Waals surface area contributed by atoms with Crippen LogP contribution in [0.2, 0.25) is 5.15 Å². The first-order chi connectivity index (χ1) is 8.02. The third-order valence-electron chi connectivity index (χ3n) is 2.50. The van der Waals surface area contributed by atoms with Gasteiger partial charge in [0.25, 0.3) is 5.92 Å². The summed E-state index contributed by atoms with van der Waals surface area (Å²) in [5, 5.41) is 0.900. The zero-order valence-electron chi connectivity index (χ0n) is 8.96. The van der Waals surface area contributed by atoms with Crippen molar-refractivity contribution in [3.8, 4) is 0 Å². The van der Waals surface area contributed by atoms with Crippen molar-refractivity contribution in [3.63, 3.8) is 0 Å². The smallest absolute Gasteiger partial charge is 0.264 e. The molecule has 2 rings (SSSR count). The molecule has 2 N–H and O–H groups in total. The molecule has 0 bridgehead atoms. The monoisotopic (exact) mass is 256 g/mol. The van der Waals surface area contributed by atoms with Crippen molar-refractivity contribution in [2.45, 2.75) is 12.3 Å². The quantitative estimate of drug-likeness (QED) is 0.858. The van der Waals surface area contributed by atoms with Gasteiger partial charge in [-0.1, -0.05) is 29.8 Å². The van der Waals surface area contributed by atoms with Crippen LogP contribution >= 0.6 is 11.6 Å². The second-order valence-electron chi connectivity index (χ2n) is 3.87. The van der Waals surface area contributed by atoms with Crippen molar-refractivity contribution in [2.75, 3.05) is 6.54 Å². The van der Waals surface area contributed by atoms with Crippen LogP contribution in [0.5, 0.6) is 0 Å². The van der Waals surface area contributed by atoms with Gasteiger partial charge in [-0.25, -0.2) is 13.8 Å². The number of hydrogen-bond acceptors (Lipinski definition) is 2. The van der Waals surface area contributed by atoms with Crippen molar-refractivity contribution in [2.24, 2.45) is 5.73 Å². The topological polar surface area (TPSA) is 38.9 Å². The molecule has 2 nitrogen and oxygen atoms in total. The minimum Gasteiger partial charge on any atom is -0.325 e. The maximum Gasteiger partial charge on any atom is 0.264 e. The van der Waals surface area contributed by atoms with Crippen LogP contribution < -0.4 is 5.73 Å². The molecule has 2 aromatic rings. The Labute approximate surface area is 102 Å². The molecule has 0 saturated carbocycles. The number of aromatic nitrogens is 1. The number of alkyl halides is 2.